The molecule has 2 aromatic rings. The molecule has 44 heavy (non-hydrogen) atoms. The molecule has 0 bridgehead atoms. The number of nitrogens with zero attached hydrogens (tertiary/aromatic N) is 3. The second-order valence-electron chi connectivity index (χ2n) is 12.3. The van der Waals surface area contributed by atoms with Crippen molar-refractivity contribution in [2.24, 2.45) is 11.8 Å². The number of amides is 2. The summed E-state index contributed by atoms with van der Waals surface area (Å²) in [6.07, 6.45) is 2.32. The van der Waals surface area contributed by atoms with Gasteiger partial charge < -0.3 is 24.8 Å². The van der Waals surface area contributed by atoms with Crippen LogP contribution in [0.25, 0.3) is 0 Å². The summed E-state index contributed by atoms with van der Waals surface area (Å²) in [5, 5.41) is 11.6. The molecule has 2 N–H and O–H groups in total. The molecule has 2 heterocycles. The molecule has 1 atom stereocenters. The van der Waals surface area contributed by atoms with Gasteiger partial charge in [-0.3, -0.25) is 19.8 Å². The van der Waals surface area contributed by atoms with Crippen LogP contribution in [0.15, 0.2) is 48.5 Å². The highest BCUT2D eigenvalue weighted by Crippen LogP contribution is 2.28. The molecule has 238 valence electrons. The lowest BCUT2D eigenvalue weighted by Gasteiger charge is -2.39. The van der Waals surface area contributed by atoms with Crippen LogP contribution in [0.1, 0.15) is 69.3 Å². The van der Waals surface area contributed by atoms with Crippen LogP contribution < -0.4 is 10.2 Å². The van der Waals surface area contributed by atoms with Gasteiger partial charge in [0.05, 0.1) is 18.1 Å². The van der Waals surface area contributed by atoms with Crippen molar-refractivity contribution in [2.45, 2.75) is 58.9 Å². The molecular weight excluding hydrogens is 561 g/mol. The standard InChI is InChI=1S/C34H46FN5O4/c1-5-28(33(43)40-16-14-24(15-17-40)22-30(41)44-6-2)34(3,4)37-32(42)27-13-12-25(23-29(27)35)31(36)39-20-18-38(19-21-39)26-10-8-7-9-11-26/h7-13,23-24,28,36H,5-6,14-22H2,1-4H3,(H,37,42). The maximum Gasteiger partial charge on any atom is 0.306 e. The van der Waals surface area contributed by atoms with Gasteiger partial charge in [0.2, 0.25) is 5.91 Å². The number of halogens is 1. The fraction of sp³-hybridized carbons (Fsp3) is 0.529. The van der Waals surface area contributed by atoms with Crippen molar-refractivity contribution in [1.29, 1.82) is 5.41 Å². The number of esters is 1. The van der Waals surface area contributed by atoms with Crippen LogP contribution in [-0.2, 0) is 14.3 Å². The number of nitrogens with one attached hydrogen (secondary N) is 2. The summed E-state index contributed by atoms with van der Waals surface area (Å²) in [7, 11) is 0. The number of carbonyl (C=O) groups is 3. The third-order valence-electron chi connectivity index (χ3n) is 8.90. The van der Waals surface area contributed by atoms with Gasteiger partial charge in [0.25, 0.3) is 5.91 Å². The first kappa shape index (κ1) is 33.0. The summed E-state index contributed by atoms with van der Waals surface area (Å²) in [6.45, 7) is 11.5. The number of ether oxygens (including phenoxy) is 1. The van der Waals surface area contributed by atoms with Crippen molar-refractivity contribution in [1.82, 2.24) is 15.1 Å². The van der Waals surface area contributed by atoms with E-state index in [1.54, 1.807) is 26.8 Å². The van der Waals surface area contributed by atoms with Crippen molar-refractivity contribution in [3.05, 3.63) is 65.5 Å². The van der Waals surface area contributed by atoms with Gasteiger partial charge in [-0.15, -0.1) is 0 Å². The Labute approximate surface area is 260 Å². The fourth-order valence-electron chi connectivity index (χ4n) is 6.33. The van der Waals surface area contributed by atoms with Gasteiger partial charge in [0.15, 0.2) is 0 Å². The number of hydrogen-bond donors (Lipinski definition) is 2. The number of carbonyl (C=O) groups excluding carboxylic acids is 3. The monoisotopic (exact) mass is 607 g/mol. The van der Waals surface area contributed by atoms with Gasteiger partial charge in [-0.25, -0.2) is 4.39 Å². The number of likely N-dealkylation sites (tertiary alicyclic amines) is 1. The van der Waals surface area contributed by atoms with Crippen molar-refractivity contribution >= 4 is 29.3 Å². The second-order valence-corrected chi connectivity index (χ2v) is 12.3. The SMILES string of the molecule is CCOC(=O)CC1CCN(C(=O)C(CC)C(C)(C)NC(=O)c2ccc(C(=N)N3CCN(c4ccccc4)CC3)cc2F)CC1. The van der Waals surface area contributed by atoms with Crippen molar-refractivity contribution in [3.8, 4) is 0 Å². The quantitative estimate of drug-likeness (QED) is 0.231. The molecule has 10 heteroatoms. The molecule has 2 saturated heterocycles. The zero-order chi connectivity index (χ0) is 31.9. The Kier molecular flexibility index (Phi) is 11.0. The summed E-state index contributed by atoms with van der Waals surface area (Å²) in [5.74, 6) is -1.63. The minimum Gasteiger partial charge on any atom is -0.466 e. The highest BCUT2D eigenvalue weighted by atomic mass is 19.1. The summed E-state index contributed by atoms with van der Waals surface area (Å²) >= 11 is 0. The number of para-hydroxylation sites is 1. The van der Waals surface area contributed by atoms with Crippen LogP contribution >= 0.6 is 0 Å². The molecule has 1 unspecified atom stereocenters. The molecular formula is C34H46FN5O4. The van der Waals surface area contributed by atoms with Crippen LogP contribution in [0.2, 0.25) is 0 Å². The Hall–Kier alpha value is -3.95. The summed E-state index contributed by atoms with van der Waals surface area (Å²) in [4.78, 5) is 44.7. The van der Waals surface area contributed by atoms with Crippen molar-refractivity contribution in [3.63, 3.8) is 0 Å². The zero-order valence-corrected chi connectivity index (χ0v) is 26.4. The van der Waals surface area contributed by atoms with Gasteiger partial charge in [0.1, 0.15) is 11.7 Å². The molecule has 4 rings (SSSR count). The normalized spacial score (nSPS) is 16.8. The third-order valence-corrected chi connectivity index (χ3v) is 8.90. The second kappa shape index (κ2) is 14.7. The predicted molar refractivity (Wildman–Crippen MR) is 169 cm³/mol. The lowest BCUT2D eigenvalue weighted by atomic mass is 9.82. The number of amidine groups is 1. The molecule has 0 saturated carbocycles. The highest BCUT2D eigenvalue weighted by molar-refractivity contribution is 5.99. The van der Waals surface area contributed by atoms with E-state index in [-0.39, 0.29) is 29.2 Å². The van der Waals surface area contributed by atoms with E-state index in [0.717, 1.165) is 31.6 Å². The van der Waals surface area contributed by atoms with E-state index in [1.807, 2.05) is 34.9 Å². The number of rotatable bonds is 10. The lowest BCUT2D eigenvalue weighted by molar-refractivity contribution is -0.145. The molecule has 2 aromatic carbocycles. The van der Waals surface area contributed by atoms with E-state index in [1.165, 1.54) is 12.1 Å². The smallest absolute Gasteiger partial charge is 0.306 e. The van der Waals surface area contributed by atoms with Gasteiger partial charge >= 0.3 is 5.97 Å². The van der Waals surface area contributed by atoms with E-state index in [4.69, 9.17) is 10.1 Å². The van der Waals surface area contributed by atoms with Gasteiger partial charge in [-0.2, -0.15) is 0 Å². The fourth-order valence-corrected chi connectivity index (χ4v) is 6.33. The average Bonchev–Trinajstić information content (AvgIpc) is 3.01. The molecule has 2 amide bonds. The van der Waals surface area contributed by atoms with Gasteiger partial charge in [-0.05, 0) is 70.2 Å². The van der Waals surface area contributed by atoms with Crippen molar-refractivity contribution < 1.29 is 23.5 Å². The topological polar surface area (TPSA) is 106 Å². The van der Waals surface area contributed by atoms with E-state index in [9.17, 15) is 14.4 Å². The molecule has 0 spiro atoms. The third kappa shape index (κ3) is 7.95. The largest absolute Gasteiger partial charge is 0.466 e. The molecule has 2 aliphatic rings. The summed E-state index contributed by atoms with van der Waals surface area (Å²) < 4.78 is 20.4. The molecule has 9 nitrogen and oxygen atoms in total. The number of benzene rings is 2. The van der Waals surface area contributed by atoms with E-state index >= 15 is 4.39 Å². The Morgan fingerprint density at radius 3 is 2.23 bits per heavy atom. The molecule has 2 fully saturated rings. The Morgan fingerprint density at radius 2 is 1.64 bits per heavy atom. The number of anilines is 1. The minimum atomic E-state index is -0.930. The Morgan fingerprint density at radius 1 is 0.977 bits per heavy atom. The van der Waals surface area contributed by atoms with Crippen LogP contribution in [0.5, 0.6) is 0 Å². The summed E-state index contributed by atoms with van der Waals surface area (Å²) in [6, 6.07) is 14.4. The van der Waals surface area contributed by atoms with E-state index in [2.05, 4.69) is 22.3 Å². The van der Waals surface area contributed by atoms with Crippen LogP contribution in [-0.4, -0.2) is 84.8 Å². The molecule has 0 aliphatic carbocycles. The predicted octanol–water partition coefficient (Wildman–Crippen LogP) is 4.70. The maximum absolute atomic E-state index is 15.3. The van der Waals surface area contributed by atoms with Crippen molar-refractivity contribution in [2.75, 3.05) is 50.8 Å². The minimum absolute atomic E-state index is 0.0518. The Balaban J connectivity index is 1.33. The van der Waals surface area contributed by atoms with Crippen LogP contribution in [0.4, 0.5) is 10.1 Å². The number of hydrogen-bond acceptors (Lipinski definition) is 6. The highest BCUT2D eigenvalue weighted by Gasteiger charge is 2.39. The zero-order valence-electron chi connectivity index (χ0n) is 26.4. The lowest BCUT2D eigenvalue weighted by Crippen LogP contribution is -2.55. The maximum atomic E-state index is 15.3. The Bertz CT molecular complexity index is 1320. The first-order chi connectivity index (χ1) is 21.0. The first-order valence-corrected chi connectivity index (χ1v) is 15.7. The van der Waals surface area contributed by atoms with E-state index in [0.29, 0.717) is 51.2 Å². The first-order valence-electron chi connectivity index (χ1n) is 15.7. The average molecular weight is 608 g/mol. The van der Waals surface area contributed by atoms with E-state index < -0.39 is 23.2 Å². The molecule has 2 aliphatic heterocycles. The van der Waals surface area contributed by atoms with Crippen LogP contribution in [0.3, 0.4) is 0 Å². The van der Waals surface area contributed by atoms with Gasteiger partial charge in [-0.1, -0.05) is 31.2 Å². The van der Waals surface area contributed by atoms with Crippen LogP contribution in [0, 0.1) is 23.1 Å². The summed E-state index contributed by atoms with van der Waals surface area (Å²) in [5.41, 5.74) is 0.511. The van der Waals surface area contributed by atoms with Gasteiger partial charge in [0, 0.05) is 62.5 Å². The molecule has 0 radical (unpaired) electrons. The number of piperidine rings is 1. The number of piperazine rings is 1. The molecule has 0 aromatic heterocycles.